The van der Waals surface area contributed by atoms with Gasteiger partial charge in [-0.25, -0.2) is 0 Å². The molecule has 9 aromatic rings. The number of para-hydroxylation sites is 2. The van der Waals surface area contributed by atoms with E-state index in [1.165, 1.54) is 57.5 Å². The molecule has 3 heterocycles. The van der Waals surface area contributed by atoms with Gasteiger partial charge in [-0.3, -0.25) is 0 Å². The first kappa shape index (κ1) is 39.8. The van der Waals surface area contributed by atoms with Crippen molar-refractivity contribution in [3.63, 3.8) is 0 Å². The Bertz CT molecular complexity index is 3010. The molecule has 0 spiro atoms. The molecule has 0 saturated heterocycles. The second-order valence-corrected chi connectivity index (χ2v) is 28.4. The Morgan fingerprint density at radius 3 is 2.05 bits per heavy atom. The Labute approximate surface area is 369 Å². The summed E-state index contributed by atoms with van der Waals surface area (Å²) in [5.74, 6) is 4.96. The summed E-state index contributed by atoms with van der Waals surface area (Å²) in [6.07, 6.45) is 0. The molecule has 0 fully saturated rings. The summed E-state index contributed by atoms with van der Waals surface area (Å²) in [4.78, 5) is 9.88. The molecule has 2 aromatic heterocycles. The quantitative estimate of drug-likeness (QED) is 0.127. The Hall–Kier alpha value is -4.68. The summed E-state index contributed by atoms with van der Waals surface area (Å²) in [5.41, 5.74) is 10.5. The number of hydrogen-bond donors (Lipinski definition) is 0. The predicted octanol–water partition coefficient (Wildman–Crippen LogP) is 13.0. The van der Waals surface area contributed by atoms with E-state index in [1.54, 1.807) is 11.3 Å². The molecule has 0 unspecified atom stereocenters. The van der Waals surface area contributed by atoms with Crippen LogP contribution in [0.4, 0.5) is 22.7 Å². The van der Waals surface area contributed by atoms with Crippen molar-refractivity contribution < 1.29 is 21.1 Å². The van der Waals surface area contributed by atoms with Gasteiger partial charge in [0.15, 0.2) is 0 Å². The summed E-state index contributed by atoms with van der Waals surface area (Å²) < 4.78 is 6.09. The molecule has 0 bridgehead atoms. The van der Waals surface area contributed by atoms with Gasteiger partial charge in [0, 0.05) is 21.1 Å². The van der Waals surface area contributed by atoms with E-state index in [4.69, 9.17) is 4.98 Å². The van der Waals surface area contributed by atoms with Crippen LogP contribution in [-0.2, 0) is 31.9 Å². The summed E-state index contributed by atoms with van der Waals surface area (Å²) >= 11 is -1.26. The average Bonchev–Trinajstić information content (AvgIpc) is 3.92. The zero-order chi connectivity index (χ0) is 40.1. The first-order valence-electron chi connectivity index (χ1n) is 20.2. The Balaban J connectivity index is 0.00000449. The van der Waals surface area contributed by atoms with Crippen LogP contribution in [0, 0.1) is 18.8 Å². The van der Waals surface area contributed by atoms with Gasteiger partial charge in [0.1, 0.15) is 0 Å². The molecule has 59 heavy (non-hydrogen) atoms. The minimum absolute atomic E-state index is 0. The number of fused-ring (bicyclic) bond motifs is 7. The van der Waals surface area contributed by atoms with E-state index in [-0.39, 0.29) is 31.9 Å². The number of anilines is 4. The van der Waals surface area contributed by atoms with Gasteiger partial charge in [-0.05, 0) is 0 Å². The van der Waals surface area contributed by atoms with E-state index in [1.807, 2.05) is 0 Å². The molecule has 1 aliphatic heterocycles. The van der Waals surface area contributed by atoms with Crippen LogP contribution in [0.25, 0.3) is 47.9 Å². The van der Waals surface area contributed by atoms with E-state index in [9.17, 15) is 0 Å². The topological polar surface area (TPSA) is 24.3 Å². The van der Waals surface area contributed by atoms with Gasteiger partial charge in [0.2, 0.25) is 0 Å². The standard InChI is InChI=1S/C52H47GeN4S.Pt/c1-51(2,3)35-28-36(52(4,5)6)30-40(29-35)56-33-55(46-27-24-34-16-9-10-19-41(34)49(46)56)39-18-15-17-37(31-39)53(7,8)38-25-26-43-42-20-11-13-22-45(42)57(47(43)32-38)50-54-44-21-12-14-23-48(44)58-50;/h9-30,33H,1-8H3;/q-3;. The average molecular weight is 1030 g/mol. The molecule has 10 rings (SSSR count). The number of hydrogen-bond acceptors (Lipinski definition) is 4. The van der Waals surface area contributed by atoms with Crippen molar-refractivity contribution in [2.24, 2.45) is 0 Å². The van der Waals surface area contributed by atoms with Crippen molar-refractivity contribution in [3.05, 3.63) is 163 Å². The van der Waals surface area contributed by atoms with Crippen LogP contribution in [0.15, 0.2) is 133 Å². The first-order valence-corrected chi connectivity index (χ1v) is 27.3. The fourth-order valence-corrected chi connectivity index (χ4v) is 14.0. The second-order valence-electron chi connectivity index (χ2n) is 18.3. The van der Waals surface area contributed by atoms with Crippen LogP contribution >= 0.6 is 11.3 Å². The van der Waals surface area contributed by atoms with E-state index < -0.39 is 13.3 Å². The Kier molecular flexibility index (Phi) is 9.77. The zero-order valence-electron chi connectivity index (χ0n) is 34.8. The molecule has 4 nitrogen and oxygen atoms in total. The molecule has 298 valence electrons. The normalized spacial score (nSPS) is 13.5. The number of rotatable bonds is 5. The molecule has 7 heteroatoms. The molecule has 0 amide bonds. The maximum absolute atomic E-state index is 5.12. The van der Waals surface area contributed by atoms with E-state index >= 15 is 0 Å². The number of benzene rings is 7. The summed E-state index contributed by atoms with van der Waals surface area (Å²) in [6.45, 7) is 16.2. The number of nitrogens with zero attached hydrogens (tertiary/aromatic N) is 4. The van der Waals surface area contributed by atoms with Crippen molar-refractivity contribution in [3.8, 4) is 5.13 Å². The fourth-order valence-electron chi connectivity index (χ4n) is 8.45. The van der Waals surface area contributed by atoms with Gasteiger partial charge in [0.25, 0.3) is 0 Å². The van der Waals surface area contributed by atoms with Crippen LogP contribution in [-0.4, -0.2) is 22.8 Å². The monoisotopic (exact) mass is 1030 g/mol. The van der Waals surface area contributed by atoms with E-state index in [0.29, 0.717) is 0 Å². The minimum atomic E-state index is -3.00. The van der Waals surface area contributed by atoms with E-state index in [0.717, 1.165) is 33.1 Å². The maximum atomic E-state index is 5.12. The Morgan fingerprint density at radius 1 is 0.627 bits per heavy atom. The van der Waals surface area contributed by atoms with Crippen molar-refractivity contribution in [1.29, 1.82) is 0 Å². The summed E-state index contributed by atoms with van der Waals surface area (Å²) in [5, 5.41) is 5.87. The third-order valence-electron chi connectivity index (χ3n) is 12.0. The van der Waals surface area contributed by atoms with Crippen LogP contribution < -0.4 is 18.6 Å². The minimum Gasteiger partial charge on any atom is 0 e. The molecule has 0 N–H and O–H groups in total. The van der Waals surface area contributed by atoms with Crippen molar-refractivity contribution in [2.45, 2.75) is 63.9 Å². The fraction of sp³-hybridized carbons (Fsp3) is 0.192. The molecule has 0 radical (unpaired) electrons. The van der Waals surface area contributed by atoms with Crippen LogP contribution in [0.5, 0.6) is 0 Å². The molecule has 0 aliphatic carbocycles. The summed E-state index contributed by atoms with van der Waals surface area (Å²) in [7, 11) is 0. The van der Waals surface area contributed by atoms with E-state index in [2.05, 4.69) is 220 Å². The third kappa shape index (κ3) is 6.74. The van der Waals surface area contributed by atoms with Gasteiger partial charge < -0.3 is 0 Å². The second kappa shape index (κ2) is 14.5. The maximum Gasteiger partial charge on any atom is 0 e. The van der Waals surface area contributed by atoms with Gasteiger partial charge in [0.05, 0.1) is 0 Å². The SMILES string of the molecule is CC(C)(C)c1cc(N2[CH-]N(c3[c-][c]([Ge]([CH3])([CH3])[c]4[c-]c5c(cc4)c4ccccc4n5-c4nc5ccccc5s4)ccc3)c3ccc4ccccc4c32)cc(C(C)(C)C)c1.[Pt]. The third-order valence-corrected chi connectivity index (χ3v) is 19.9. The largest absolute Gasteiger partial charge is 0 e. The smallest absolute Gasteiger partial charge is 0 e. The summed E-state index contributed by atoms with van der Waals surface area (Å²) in [6, 6.07) is 57.0. The van der Waals surface area contributed by atoms with Crippen LogP contribution in [0.1, 0.15) is 52.7 Å². The van der Waals surface area contributed by atoms with Gasteiger partial charge >= 0.3 is 351 Å². The molecule has 1 aliphatic rings. The van der Waals surface area contributed by atoms with Gasteiger partial charge in [-0.2, -0.15) is 0 Å². The van der Waals surface area contributed by atoms with Gasteiger partial charge in [-0.1, -0.05) is 0 Å². The molecule has 7 aromatic carbocycles. The predicted molar refractivity (Wildman–Crippen MR) is 251 cm³/mol. The number of aromatic nitrogens is 2. The molecule has 0 saturated carbocycles. The van der Waals surface area contributed by atoms with Crippen LogP contribution in [0.3, 0.4) is 0 Å². The molecular formula is C52H47GeN4PtS-3. The zero-order valence-corrected chi connectivity index (χ0v) is 40.0. The van der Waals surface area contributed by atoms with Crippen molar-refractivity contribution >= 4 is 98.9 Å². The molecule has 0 atom stereocenters. The Morgan fingerprint density at radius 2 is 1.31 bits per heavy atom. The number of thiazole rings is 1. The van der Waals surface area contributed by atoms with Crippen LogP contribution in [0.2, 0.25) is 11.5 Å². The van der Waals surface area contributed by atoms with Gasteiger partial charge in [-0.15, -0.1) is 0 Å². The first-order chi connectivity index (χ1) is 27.8. The van der Waals surface area contributed by atoms with Crippen molar-refractivity contribution in [2.75, 3.05) is 9.80 Å². The molecular weight excluding hydrogens is 980 g/mol. The van der Waals surface area contributed by atoms with Crippen molar-refractivity contribution in [1.82, 2.24) is 9.55 Å².